The summed E-state index contributed by atoms with van der Waals surface area (Å²) in [6.45, 7) is 1.97. The van der Waals surface area contributed by atoms with Crippen LogP contribution in [0.3, 0.4) is 0 Å². The second-order valence-corrected chi connectivity index (χ2v) is 20.4. The van der Waals surface area contributed by atoms with Gasteiger partial charge in [0.15, 0.2) is 17.5 Å². The molecule has 9 heteroatoms. The van der Waals surface area contributed by atoms with Crippen molar-refractivity contribution >= 4 is 65.4 Å². The molecule has 0 aliphatic heterocycles. The SMILES string of the molecule is Cc1ccc2c(c1)c1cc(C(F)(F)F)ccc1n2-c1c(-c2ccc(-n3c4ccccc4c4ccccc43)cc2)cc(-c2nc(-c3ccccc3)nc(-c3ccccc3)n2)cc1-c1ccc(-n2c3ccccc3c3ccccc32)cc1. The first-order valence-electron chi connectivity index (χ1n) is 26.6. The second kappa shape index (κ2) is 18.4. The van der Waals surface area contributed by atoms with Crippen molar-refractivity contribution in [1.29, 1.82) is 0 Å². The van der Waals surface area contributed by atoms with Crippen LogP contribution in [0.25, 0.3) is 139 Å². The Morgan fingerprint density at radius 3 is 1.09 bits per heavy atom. The molecule has 6 nitrogen and oxygen atoms in total. The van der Waals surface area contributed by atoms with Gasteiger partial charge in [0.1, 0.15) is 0 Å². The summed E-state index contributed by atoms with van der Waals surface area (Å²) < 4.78 is 51.0. The number of aromatic nitrogens is 6. The first-order chi connectivity index (χ1) is 39.2. The molecule has 4 heterocycles. The quantitative estimate of drug-likeness (QED) is 0.152. The standard InChI is InChI=1S/C71H45F3N6/c1-44-28-38-65-59(40-44)60-43-50(71(72,73)74)33-39-66(60)80(65)67-57(45-29-34-51(35-30-45)78-61-24-12-8-20-53(61)54-21-9-13-25-62(54)78)41-49(70-76-68(47-16-4-2-5-17-47)75-69(77-70)48-18-6-3-7-19-48)42-58(67)46-31-36-52(37-32-46)79-63-26-14-10-22-55(63)56-23-11-15-27-64(56)79/h2-43H,1H3. The Morgan fingerprint density at radius 1 is 0.300 bits per heavy atom. The van der Waals surface area contributed by atoms with Gasteiger partial charge in [0.2, 0.25) is 0 Å². The highest BCUT2D eigenvalue weighted by atomic mass is 19.4. The topological polar surface area (TPSA) is 53.5 Å². The first-order valence-corrected chi connectivity index (χ1v) is 26.6. The van der Waals surface area contributed by atoms with Crippen molar-refractivity contribution < 1.29 is 13.2 Å². The number of fused-ring (bicyclic) bond motifs is 9. The Balaban J connectivity index is 1.04. The summed E-state index contributed by atoms with van der Waals surface area (Å²) >= 11 is 0. The number of aryl methyl sites for hydroxylation is 1. The number of hydrogen-bond acceptors (Lipinski definition) is 3. The molecule has 4 aromatic heterocycles. The summed E-state index contributed by atoms with van der Waals surface area (Å²) in [6, 6.07) is 85.3. The molecule has 0 aliphatic carbocycles. The predicted molar refractivity (Wildman–Crippen MR) is 320 cm³/mol. The number of hydrogen-bond donors (Lipinski definition) is 0. The normalized spacial score (nSPS) is 12.0. The lowest BCUT2D eigenvalue weighted by Crippen LogP contribution is -2.05. The lowest BCUT2D eigenvalue weighted by Gasteiger charge is -2.22. The minimum Gasteiger partial charge on any atom is -0.309 e. The van der Waals surface area contributed by atoms with Gasteiger partial charge in [-0.05, 0) is 109 Å². The minimum atomic E-state index is -4.55. The van der Waals surface area contributed by atoms with Crippen LogP contribution in [0.4, 0.5) is 13.2 Å². The second-order valence-electron chi connectivity index (χ2n) is 20.4. The fourth-order valence-corrected chi connectivity index (χ4v) is 11.9. The molecule has 0 bridgehead atoms. The highest BCUT2D eigenvalue weighted by Gasteiger charge is 2.32. The van der Waals surface area contributed by atoms with Gasteiger partial charge in [0.25, 0.3) is 0 Å². The molecule has 0 N–H and O–H groups in total. The zero-order chi connectivity index (χ0) is 53.6. The van der Waals surface area contributed by atoms with Crippen molar-refractivity contribution in [3.63, 3.8) is 0 Å². The van der Waals surface area contributed by atoms with E-state index in [-0.39, 0.29) is 0 Å². The molecule has 0 radical (unpaired) electrons. The van der Waals surface area contributed by atoms with E-state index in [2.05, 4.69) is 171 Å². The maximum atomic E-state index is 14.8. The molecule has 0 unspecified atom stereocenters. The van der Waals surface area contributed by atoms with Crippen LogP contribution in [-0.2, 0) is 6.18 Å². The number of halogens is 3. The Kier molecular flexibility index (Phi) is 10.8. The maximum absolute atomic E-state index is 14.8. The molecule has 80 heavy (non-hydrogen) atoms. The summed E-state index contributed by atoms with van der Waals surface area (Å²) in [5, 5.41) is 5.86. The molecule has 15 aromatic rings. The van der Waals surface area contributed by atoms with E-state index in [1.807, 2.05) is 85.8 Å². The van der Waals surface area contributed by atoms with E-state index in [1.165, 1.54) is 12.1 Å². The highest BCUT2D eigenvalue weighted by molar-refractivity contribution is 6.13. The van der Waals surface area contributed by atoms with Gasteiger partial charge in [-0.2, -0.15) is 13.2 Å². The Bertz CT molecular complexity index is 4580. The fourth-order valence-electron chi connectivity index (χ4n) is 11.9. The van der Waals surface area contributed by atoms with Crippen LogP contribution in [-0.4, -0.2) is 28.7 Å². The van der Waals surface area contributed by atoms with Crippen LogP contribution in [0.5, 0.6) is 0 Å². The van der Waals surface area contributed by atoms with Crippen molar-refractivity contribution in [3.8, 4) is 73.5 Å². The molecule has 0 aliphatic rings. The van der Waals surface area contributed by atoms with Crippen molar-refractivity contribution in [2.75, 3.05) is 0 Å². The lowest BCUT2D eigenvalue weighted by atomic mass is 9.92. The molecule has 380 valence electrons. The molecular formula is C71H45F3N6. The molecule has 11 aromatic carbocycles. The fraction of sp³-hybridized carbons (Fsp3) is 0.0282. The van der Waals surface area contributed by atoms with E-state index >= 15 is 0 Å². The van der Waals surface area contributed by atoms with Crippen LogP contribution in [0.2, 0.25) is 0 Å². The number of benzene rings is 11. The molecule has 0 atom stereocenters. The first kappa shape index (κ1) is 46.9. The van der Waals surface area contributed by atoms with E-state index in [9.17, 15) is 13.2 Å². The van der Waals surface area contributed by atoms with Gasteiger partial charge < -0.3 is 13.7 Å². The average Bonchev–Trinajstić information content (AvgIpc) is 4.31. The third-order valence-electron chi connectivity index (χ3n) is 15.6. The molecule has 0 amide bonds. The number of nitrogens with zero attached hydrogens (tertiary/aromatic N) is 6. The largest absolute Gasteiger partial charge is 0.416 e. The molecule has 0 saturated heterocycles. The minimum absolute atomic E-state index is 0.461. The summed E-state index contributed by atoms with van der Waals surface area (Å²) in [7, 11) is 0. The number of alkyl halides is 3. The summed E-state index contributed by atoms with van der Waals surface area (Å²) in [4.78, 5) is 15.6. The van der Waals surface area contributed by atoms with Crippen LogP contribution in [0.15, 0.2) is 255 Å². The van der Waals surface area contributed by atoms with Gasteiger partial charge >= 0.3 is 6.18 Å². The zero-order valence-corrected chi connectivity index (χ0v) is 43.1. The zero-order valence-electron chi connectivity index (χ0n) is 43.1. The maximum Gasteiger partial charge on any atom is 0.416 e. The van der Waals surface area contributed by atoms with Crippen LogP contribution >= 0.6 is 0 Å². The Morgan fingerprint density at radius 2 is 0.662 bits per heavy atom. The number of rotatable bonds is 8. The van der Waals surface area contributed by atoms with E-state index in [1.54, 1.807) is 6.07 Å². The van der Waals surface area contributed by atoms with Crippen molar-refractivity contribution in [2.24, 2.45) is 0 Å². The van der Waals surface area contributed by atoms with E-state index in [4.69, 9.17) is 15.0 Å². The highest BCUT2D eigenvalue weighted by Crippen LogP contribution is 2.46. The Hall–Kier alpha value is -10.4. The van der Waals surface area contributed by atoms with Crippen LogP contribution in [0.1, 0.15) is 11.1 Å². The molecule has 0 saturated carbocycles. The third-order valence-corrected chi connectivity index (χ3v) is 15.6. The van der Waals surface area contributed by atoms with Crippen LogP contribution < -0.4 is 0 Å². The van der Waals surface area contributed by atoms with Crippen molar-refractivity contribution in [2.45, 2.75) is 13.1 Å². The number of para-hydroxylation sites is 4. The van der Waals surface area contributed by atoms with Gasteiger partial charge in [0.05, 0.1) is 44.4 Å². The van der Waals surface area contributed by atoms with Gasteiger partial charge in [-0.3, -0.25) is 0 Å². The van der Waals surface area contributed by atoms with E-state index < -0.39 is 11.7 Å². The predicted octanol–water partition coefficient (Wildman–Crippen LogP) is 18.8. The summed E-state index contributed by atoms with van der Waals surface area (Å²) in [5.74, 6) is 1.50. The van der Waals surface area contributed by atoms with Crippen molar-refractivity contribution in [1.82, 2.24) is 28.7 Å². The van der Waals surface area contributed by atoms with Gasteiger partial charge in [0, 0.05) is 71.5 Å². The molecule has 0 fully saturated rings. The lowest BCUT2D eigenvalue weighted by molar-refractivity contribution is -0.137. The van der Waals surface area contributed by atoms with Gasteiger partial charge in [-0.1, -0.05) is 169 Å². The average molecular weight is 1040 g/mol. The van der Waals surface area contributed by atoms with E-state index in [0.717, 1.165) is 111 Å². The monoisotopic (exact) mass is 1040 g/mol. The molecule has 15 rings (SSSR count). The van der Waals surface area contributed by atoms with Crippen LogP contribution in [0, 0.1) is 6.92 Å². The molecular weight excluding hydrogens is 994 g/mol. The summed E-state index contributed by atoms with van der Waals surface area (Å²) in [5.41, 5.74) is 14.5. The smallest absolute Gasteiger partial charge is 0.309 e. The molecule has 0 spiro atoms. The summed E-state index contributed by atoms with van der Waals surface area (Å²) in [6.07, 6.45) is -4.55. The van der Waals surface area contributed by atoms with Crippen molar-refractivity contribution in [3.05, 3.63) is 266 Å². The third kappa shape index (κ3) is 7.68. The Labute approximate surface area is 457 Å². The van der Waals surface area contributed by atoms with E-state index in [0.29, 0.717) is 33.8 Å². The van der Waals surface area contributed by atoms with Gasteiger partial charge in [-0.25, -0.2) is 15.0 Å². The van der Waals surface area contributed by atoms with Gasteiger partial charge in [-0.15, -0.1) is 0 Å².